The van der Waals surface area contributed by atoms with Crippen molar-refractivity contribution in [3.05, 3.63) is 38.7 Å². The minimum atomic E-state index is -1.69. The van der Waals surface area contributed by atoms with Crippen LogP contribution in [0.4, 0.5) is 0 Å². The molecule has 0 bridgehead atoms. The third kappa shape index (κ3) is 7.08. The van der Waals surface area contributed by atoms with Crippen molar-refractivity contribution in [1.29, 1.82) is 0 Å². The summed E-state index contributed by atoms with van der Waals surface area (Å²) in [6, 6.07) is 0. The van der Waals surface area contributed by atoms with Gasteiger partial charge in [0.15, 0.2) is 12.0 Å². The summed E-state index contributed by atoms with van der Waals surface area (Å²) in [4.78, 5) is 37.4. The predicted octanol–water partition coefficient (Wildman–Crippen LogP) is 1.21. The minimum absolute atomic E-state index is 0.0211. The first-order valence-corrected chi connectivity index (χ1v) is 11.5. The van der Waals surface area contributed by atoms with E-state index in [4.69, 9.17) is 14.2 Å². The van der Waals surface area contributed by atoms with Crippen LogP contribution in [-0.2, 0) is 24.5 Å². The molecule has 0 aliphatic carbocycles. The van der Waals surface area contributed by atoms with Gasteiger partial charge in [0.05, 0.1) is 31.3 Å². The van der Waals surface area contributed by atoms with Crippen molar-refractivity contribution in [1.82, 2.24) is 14.3 Å². The average molecular weight is 484 g/mol. The lowest BCUT2D eigenvalue weighted by atomic mass is 9.99. The number of aliphatic hydroxyl groups excluding tert-OH is 1. The van der Waals surface area contributed by atoms with Crippen LogP contribution in [-0.4, -0.2) is 61.7 Å². The Bertz CT molecular complexity index is 991. The molecule has 2 N–H and O–H groups in total. The summed E-state index contributed by atoms with van der Waals surface area (Å²) in [6.07, 6.45) is 0.975. The molecule has 192 valence electrons. The van der Waals surface area contributed by atoms with Crippen molar-refractivity contribution >= 4 is 5.97 Å². The number of rotatable bonds is 11. The Kier molecular flexibility index (Phi) is 9.35. The van der Waals surface area contributed by atoms with Crippen LogP contribution in [0.3, 0.4) is 0 Å². The minimum Gasteiger partial charge on any atom is -0.466 e. The molecular formula is C23H37N3O8. The molecule has 1 aliphatic heterocycles. The first-order chi connectivity index (χ1) is 15.8. The van der Waals surface area contributed by atoms with Crippen LogP contribution in [0.15, 0.2) is 27.4 Å². The van der Waals surface area contributed by atoms with E-state index in [2.05, 4.69) is 5.10 Å². The van der Waals surface area contributed by atoms with Crippen LogP contribution in [0.1, 0.15) is 73.5 Å². The lowest BCUT2D eigenvalue weighted by molar-refractivity contribution is -0.233. The van der Waals surface area contributed by atoms with Crippen LogP contribution in [0.25, 0.3) is 0 Å². The molecule has 0 unspecified atom stereocenters. The molecular weight excluding hydrogens is 446 g/mol. The zero-order valence-electron chi connectivity index (χ0n) is 20.8. The van der Waals surface area contributed by atoms with E-state index >= 15 is 0 Å². The molecule has 1 aromatic rings. The number of aromatic nitrogens is 3. The third-order valence-electron chi connectivity index (χ3n) is 5.65. The number of nitrogens with zero attached hydrogens (tertiary/aromatic N) is 3. The number of allylic oxidation sites excluding steroid dienone is 2. The fourth-order valence-electron chi connectivity index (χ4n) is 3.81. The van der Waals surface area contributed by atoms with Gasteiger partial charge in [-0.15, -0.1) is 0 Å². The monoisotopic (exact) mass is 483 g/mol. The van der Waals surface area contributed by atoms with Crippen molar-refractivity contribution in [3.63, 3.8) is 0 Å². The van der Waals surface area contributed by atoms with Gasteiger partial charge in [-0.3, -0.25) is 14.2 Å². The average Bonchev–Trinajstić information content (AvgIpc) is 3.13. The summed E-state index contributed by atoms with van der Waals surface area (Å²) in [5.41, 5.74) is -0.913. The summed E-state index contributed by atoms with van der Waals surface area (Å²) in [5.74, 6) is -2.15. The second-order valence-corrected chi connectivity index (χ2v) is 9.53. The van der Waals surface area contributed by atoms with E-state index in [0.717, 1.165) is 21.0 Å². The van der Waals surface area contributed by atoms with E-state index in [9.17, 15) is 24.6 Å². The number of carbonyl (C=O) groups excluding carboxylic acids is 1. The van der Waals surface area contributed by atoms with Gasteiger partial charge in [-0.2, -0.15) is 9.78 Å². The molecule has 0 spiro atoms. The van der Waals surface area contributed by atoms with Gasteiger partial charge in [-0.05, 0) is 48.0 Å². The Morgan fingerprint density at radius 1 is 1.32 bits per heavy atom. The fourth-order valence-corrected chi connectivity index (χ4v) is 3.81. The second kappa shape index (κ2) is 11.4. The highest BCUT2D eigenvalue weighted by Gasteiger charge is 2.42. The highest BCUT2D eigenvalue weighted by molar-refractivity contribution is 5.69. The topological polar surface area (TPSA) is 142 Å². The standard InChI is InChI=1S/C23H37N3O8/c1-7-32-20(29)9-11-23(6,31)34-16-12-19(33-17(16)14-27)26-21(30)25(18(28)13-24-26)22(4,5)10-8-15(2)3/h8,13,16-17,19,27,31H,7,9-12,14H2,1-6H3/t16-,17-,19-,23+/m1/s1. The van der Waals surface area contributed by atoms with Gasteiger partial charge < -0.3 is 24.4 Å². The molecule has 1 saturated heterocycles. The quantitative estimate of drug-likeness (QED) is 0.270. The molecule has 0 amide bonds. The van der Waals surface area contributed by atoms with Crippen LogP contribution in [0, 0.1) is 0 Å². The van der Waals surface area contributed by atoms with Crippen molar-refractivity contribution in [2.75, 3.05) is 13.2 Å². The molecule has 34 heavy (non-hydrogen) atoms. The molecule has 4 atom stereocenters. The van der Waals surface area contributed by atoms with Crippen molar-refractivity contribution < 1.29 is 29.2 Å². The Labute approximate surface area is 198 Å². The Morgan fingerprint density at radius 2 is 2.00 bits per heavy atom. The molecule has 2 rings (SSSR count). The maximum atomic E-state index is 13.3. The lowest BCUT2D eigenvalue weighted by Crippen LogP contribution is -2.50. The van der Waals surface area contributed by atoms with Gasteiger partial charge in [0.1, 0.15) is 12.3 Å². The molecule has 2 heterocycles. The molecule has 11 nitrogen and oxygen atoms in total. The number of hydrogen-bond acceptors (Lipinski definition) is 9. The summed E-state index contributed by atoms with van der Waals surface area (Å²) in [6.45, 7) is 10.4. The van der Waals surface area contributed by atoms with Crippen LogP contribution in [0.5, 0.6) is 0 Å². The van der Waals surface area contributed by atoms with E-state index in [1.807, 2.05) is 19.9 Å². The maximum Gasteiger partial charge on any atom is 0.350 e. The van der Waals surface area contributed by atoms with Crippen LogP contribution < -0.4 is 11.2 Å². The molecule has 0 saturated carbocycles. The summed E-state index contributed by atoms with van der Waals surface area (Å²) in [5, 5.41) is 24.4. The first kappa shape index (κ1) is 27.9. The zero-order valence-corrected chi connectivity index (χ0v) is 20.8. The SMILES string of the molecule is CCOC(=O)CC[C@@](C)(O)O[C@@H]1C[C@H](n2ncc(=O)n(C(C)(C)CC=C(C)C)c2=O)O[C@@H]1CO. The van der Waals surface area contributed by atoms with Crippen LogP contribution in [0.2, 0.25) is 0 Å². The number of aliphatic hydroxyl groups is 2. The maximum absolute atomic E-state index is 13.3. The van der Waals surface area contributed by atoms with E-state index in [1.54, 1.807) is 20.8 Å². The molecule has 1 aromatic heterocycles. The molecule has 11 heteroatoms. The Morgan fingerprint density at radius 3 is 2.59 bits per heavy atom. The van der Waals surface area contributed by atoms with Gasteiger partial charge in [0, 0.05) is 12.8 Å². The highest BCUT2D eigenvalue weighted by atomic mass is 16.7. The van der Waals surface area contributed by atoms with Gasteiger partial charge in [-0.25, -0.2) is 4.79 Å². The number of esters is 1. The predicted molar refractivity (Wildman–Crippen MR) is 123 cm³/mol. The smallest absolute Gasteiger partial charge is 0.350 e. The summed E-state index contributed by atoms with van der Waals surface area (Å²) < 4.78 is 18.6. The van der Waals surface area contributed by atoms with Crippen molar-refractivity contribution in [2.24, 2.45) is 0 Å². The first-order valence-electron chi connectivity index (χ1n) is 11.5. The van der Waals surface area contributed by atoms with E-state index < -0.39 is 53.6 Å². The Hall–Kier alpha value is -2.34. The number of carbonyl (C=O) groups is 1. The highest BCUT2D eigenvalue weighted by Crippen LogP contribution is 2.32. The van der Waals surface area contributed by atoms with Gasteiger partial charge >= 0.3 is 11.7 Å². The lowest BCUT2D eigenvalue weighted by Gasteiger charge is -2.29. The second-order valence-electron chi connectivity index (χ2n) is 9.53. The van der Waals surface area contributed by atoms with E-state index in [-0.39, 0.29) is 25.9 Å². The molecule has 1 aliphatic rings. The van der Waals surface area contributed by atoms with E-state index in [0.29, 0.717) is 6.42 Å². The third-order valence-corrected chi connectivity index (χ3v) is 5.65. The largest absolute Gasteiger partial charge is 0.466 e. The van der Waals surface area contributed by atoms with Crippen molar-refractivity contribution in [3.8, 4) is 0 Å². The zero-order chi connectivity index (χ0) is 25.7. The van der Waals surface area contributed by atoms with Gasteiger partial charge in [-0.1, -0.05) is 11.6 Å². The number of hydrogen-bond donors (Lipinski definition) is 2. The summed E-state index contributed by atoms with van der Waals surface area (Å²) >= 11 is 0. The molecule has 0 radical (unpaired) electrons. The van der Waals surface area contributed by atoms with Gasteiger partial charge in [0.2, 0.25) is 0 Å². The normalized spacial score (nSPS) is 22.3. The molecule has 1 fully saturated rings. The van der Waals surface area contributed by atoms with Crippen LogP contribution >= 0.6 is 0 Å². The fraction of sp³-hybridized carbons (Fsp3) is 0.739. The summed E-state index contributed by atoms with van der Waals surface area (Å²) in [7, 11) is 0. The van der Waals surface area contributed by atoms with Crippen molar-refractivity contribution in [2.45, 2.75) is 97.0 Å². The van der Waals surface area contributed by atoms with Gasteiger partial charge in [0.25, 0.3) is 5.56 Å². The van der Waals surface area contributed by atoms with E-state index in [1.165, 1.54) is 6.92 Å². The number of ether oxygens (including phenoxy) is 3. The Balaban J connectivity index is 2.24. The molecule has 0 aromatic carbocycles.